The zero-order chi connectivity index (χ0) is 26.0. The van der Waals surface area contributed by atoms with E-state index in [0.717, 1.165) is 6.92 Å². The van der Waals surface area contributed by atoms with Gasteiger partial charge in [-0.15, -0.1) is 0 Å². The van der Waals surface area contributed by atoms with E-state index in [9.17, 15) is 34.2 Å². The summed E-state index contributed by atoms with van der Waals surface area (Å²) in [5, 5.41) is 44.2. The number of nitrogens with two attached hydrogens (primary N) is 1. The molecule has 0 aromatic heterocycles. The first kappa shape index (κ1) is 28.5. The number of aliphatic hydroxyl groups excluding tert-OH is 2. The van der Waals surface area contributed by atoms with Crippen LogP contribution in [0.1, 0.15) is 25.8 Å². The molecule has 34 heavy (non-hydrogen) atoms. The molecule has 1 rings (SSSR count). The number of hydrogen-bond donors (Lipinski definition) is 8. The van der Waals surface area contributed by atoms with E-state index in [2.05, 4.69) is 10.6 Å². The number of carbonyl (C=O) groups excluding carboxylic acids is 3. The highest BCUT2D eigenvalue weighted by Crippen LogP contribution is 2.06. The van der Waals surface area contributed by atoms with Crippen molar-refractivity contribution in [3.8, 4) is 0 Å². The topological polar surface area (TPSA) is 228 Å². The van der Waals surface area contributed by atoms with Crippen LogP contribution < -0.4 is 21.7 Å². The molecule has 0 bridgehead atoms. The number of carboxylic acids is 2. The fraction of sp³-hybridized carbons (Fsp3) is 0.476. The Kier molecular flexibility index (Phi) is 11.1. The van der Waals surface area contributed by atoms with Crippen molar-refractivity contribution in [3.63, 3.8) is 0 Å². The number of benzene rings is 1. The van der Waals surface area contributed by atoms with Crippen molar-refractivity contribution in [1.29, 1.82) is 0 Å². The van der Waals surface area contributed by atoms with Gasteiger partial charge in [-0.05, 0) is 19.4 Å². The first-order valence-corrected chi connectivity index (χ1v) is 10.3. The van der Waals surface area contributed by atoms with Gasteiger partial charge in [0.1, 0.15) is 12.1 Å². The number of aliphatic carboxylic acids is 2. The maximum Gasteiger partial charge on any atom is 0.328 e. The van der Waals surface area contributed by atoms with Gasteiger partial charge in [0, 0.05) is 6.42 Å². The van der Waals surface area contributed by atoms with E-state index in [4.69, 9.17) is 15.9 Å². The van der Waals surface area contributed by atoms with Crippen molar-refractivity contribution in [2.45, 2.75) is 63.1 Å². The van der Waals surface area contributed by atoms with Crippen LogP contribution in [0.5, 0.6) is 0 Å². The van der Waals surface area contributed by atoms with Gasteiger partial charge < -0.3 is 42.1 Å². The minimum Gasteiger partial charge on any atom is -0.481 e. The molecule has 13 heteroatoms. The van der Waals surface area contributed by atoms with E-state index in [1.54, 1.807) is 30.3 Å². The fourth-order valence-electron chi connectivity index (χ4n) is 2.91. The first-order chi connectivity index (χ1) is 15.8. The number of hydrogen-bond acceptors (Lipinski definition) is 8. The van der Waals surface area contributed by atoms with Gasteiger partial charge in [0.15, 0.2) is 6.04 Å². The normalized spacial score (nSPS) is 16.1. The summed E-state index contributed by atoms with van der Waals surface area (Å²) in [5.74, 6) is -5.76. The highest BCUT2D eigenvalue weighted by Gasteiger charge is 2.34. The Hall–Kier alpha value is -3.55. The molecule has 0 aliphatic heterocycles. The first-order valence-electron chi connectivity index (χ1n) is 10.3. The van der Waals surface area contributed by atoms with Crippen molar-refractivity contribution >= 4 is 29.7 Å². The van der Waals surface area contributed by atoms with Crippen molar-refractivity contribution in [1.82, 2.24) is 16.0 Å². The van der Waals surface area contributed by atoms with Gasteiger partial charge in [-0.25, -0.2) is 4.79 Å². The Labute approximate surface area is 195 Å². The molecule has 1 aromatic carbocycles. The lowest BCUT2D eigenvalue weighted by atomic mass is 10.0. The van der Waals surface area contributed by atoms with E-state index in [0.29, 0.717) is 5.56 Å². The molecule has 13 nitrogen and oxygen atoms in total. The summed E-state index contributed by atoms with van der Waals surface area (Å²) in [6.07, 6.45) is -3.68. The van der Waals surface area contributed by atoms with Crippen LogP contribution in [0, 0.1) is 0 Å². The maximum atomic E-state index is 13.0. The molecule has 1 aromatic rings. The smallest absolute Gasteiger partial charge is 0.328 e. The van der Waals surface area contributed by atoms with E-state index >= 15 is 0 Å². The van der Waals surface area contributed by atoms with Crippen LogP contribution in [0.3, 0.4) is 0 Å². The van der Waals surface area contributed by atoms with Crippen molar-refractivity contribution in [2.75, 3.05) is 0 Å². The van der Waals surface area contributed by atoms with Gasteiger partial charge in [-0.3, -0.25) is 19.2 Å². The third-order valence-electron chi connectivity index (χ3n) is 4.76. The van der Waals surface area contributed by atoms with E-state index < -0.39 is 72.5 Å². The number of nitrogens with one attached hydrogen (secondary N) is 3. The summed E-state index contributed by atoms with van der Waals surface area (Å²) in [4.78, 5) is 59.9. The van der Waals surface area contributed by atoms with E-state index in [1.807, 2.05) is 5.32 Å². The van der Waals surface area contributed by atoms with Crippen LogP contribution in [0.4, 0.5) is 0 Å². The molecule has 0 spiro atoms. The molecule has 0 radical (unpaired) electrons. The number of amides is 3. The molecule has 6 atom stereocenters. The zero-order valence-corrected chi connectivity index (χ0v) is 18.7. The summed E-state index contributed by atoms with van der Waals surface area (Å²) in [6.45, 7) is 2.32. The van der Waals surface area contributed by atoms with Gasteiger partial charge in [-0.1, -0.05) is 30.3 Å². The molecule has 0 saturated heterocycles. The minimum atomic E-state index is -1.69. The van der Waals surface area contributed by atoms with Gasteiger partial charge in [0.05, 0.1) is 24.7 Å². The lowest BCUT2D eigenvalue weighted by Crippen LogP contribution is -2.61. The minimum absolute atomic E-state index is 0.0578. The Morgan fingerprint density at radius 1 is 0.824 bits per heavy atom. The van der Waals surface area contributed by atoms with Crippen LogP contribution in [0.2, 0.25) is 0 Å². The summed E-state index contributed by atoms with van der Waals surface area (Å²) >= 11 is 0. The van der Waals surface area contributed by atoms with Crippen molar-refractivity contribution in [3.05, 3.63) is 35.9 Å². The lowest BCUT2D eigenvalue weighted by Gasteiger charge is -2.27. The number of rotatable bonds is 13. The van der Waals surface area contributed by atoms with Crippen molar-refractivity contribution < 1.29 is 44.4 Å². The predicted octanol–water partition coefficient (Wildman–Crippen LogP) is -2.67. The Balaban J connectivity index is 3.08. The molecule has 0 aliphatic carbocycles. The second-order valence-corrected chi connectivity index (χ2v) is 7.75. The maximum absolute atomic E-state index is 13.0. The fourth-order valence-corrected chi connectivity index (χ4v) is 2.91. The third kappa shape index (κ3) is 9.13. The molecular weight excluding hydrogens is 452 g/mol. The molecule has 188 valence electrons. The van der Waals surface area contributed by atoms with Gasteiger partial charge in [-0.2, -0.15) is 0 Å². The van der Waals surface area contributed by atoms with Crippen LogP contribution in [-0.4, -0.2) is 86.5 Å². The number of carboxylic acid groups (broad SMARTS) is 2. The third-order valence-corrected chi connectivity index (χ3v) is 4.76. The molecule has 0 saturated carbocycles. The highest BCUT2D eigenvalue weighted by molar-refractivity contribution is 5.95. The second kappa shape index (κ2) is 13.2. The number of carbonyl (C=O) groups is 5. The zero-order valence-electron chi connectivity index (χ0n) is 18.7. The average molecular weight is 482 g/mol. The van der Waals surface area contributed by atoms with Gasteiger partial charge in [0.25, 0.3) is 0 Å². The van der Waals surface area contributed by atoms with Crippen LogP contribution in [0.25, 0.3) is 0 Å². The number of aliphatic hydroxyl groups is 2. The van der Waals surface area contributed by atoms with E-state index in [1.165, 1.54) is 6.92 Å². The standard InChI is InChI=1S/C21H30N4O9/c1-10(26)16(20(32)25-17(11(2)27)21(33)34)24-19(31)14(8-12-6-4-3-5-7-12)23-18(30)13(22)9-15(28)29/h3-7,10-11,13-14,16-17,26-27H,8-9,22H2,1-2H3,(H,23,30)(H,24,31)(H,25,32)(H,28,29)(H,33,34). The lowest BCUT2D eigenvalue weighted by molar-refractivity contribution is -0.146. The highest BCUT2D eigenvalue weighted by atomic mass is 16.4. The molecule has 6 unspecified atom stereocenters. The summed E-state index contributed by atoms with van der Waals surface area (Å²) < 4.78 is 0. The van der Waals surface area contributed by atoms with Crippen LogP contribution in [0.15, 0.2) is 30.3 Å². The summed E-state index contributed by atoms with van der Waals surface area (Å²) in [7, 11) is 0. The van der Waals surface area contributed by atoms with Crippen LogP contribution in [-0.2, 0) is 30.4 Å². The summed E-state index contributed by atoms with van der Waals surface area (Å²) in [6, 6.07) is 2.38. The monoisotopic (exact) mass is 482 g/mol. The Morgan fingerprint density at radius 2 is 1.35 bits per heavy atom. The SMILES string of the molecule is CC(O)C(NC(=O)C(NC(=O)C(Cc1ccccc1)NC(=O)C(N)CC(=O)O)C(C)O)C(=O)O. The summed E-state index contributed by atoms with van der Waals surface area (Å²) in [5.41, 5.74) is 6.18. The predicted molar refractivity (Wildman–Crippen MR) is 117 cm³/mol. The second-order valence-electron chi connectivity index (χ2n) is 7.75. The van der Waals surface area contributed by atoms with E-state index in [-0.39, 0.29) is 6.42 Å². The van der Waals surface area contributed by atoms with Crippen molar-refractivity contribution in [2.24, 2.45) is 5.73 Å². The van der Waals surface area contributed by atoms with Gasteiger partial charge in [0.2, 0.25) is 17.7 Å². The Bertz CT molecular complexity index is 876. The average Bonchev–Trinajstić information content (AvgIpc) is 2.74. The molecular formula is C21H30N4O9. The quantitative estimate of drug-likeness (QED) is 0.145. The van der Waals surface area contributed by atoms with Crippen LogP contribution >= 0.6 is 0 Å². The molecule has 0 aliphatic rings. The van der Waals surface area contributed by atoms with Gasteiger partial charge >= 0.3 is 11.9 Å². The molecule has 0 fully saturated rings. The largest absolute Gasteiger partial charge is 0.481 e. The Morgan fingerprint density at radius 3 is 1.82 bits per heavy atom. The molecule has 3 amide bonds. The molecule has 9 N–H and O–H groups in total. The molecule has 0 heterocycles.